The normalized spacial score (nSPS) is 13.6. The van der Waals surface area contributed by atoms with E-state index in [2.05, 4.69) is 19.2 Å². The highest BCUT2D eigenvalue weighted by Gasteiger charge is 2.26. The Kier molecular flexibility index (Phi) is 35.7. The minimum absolute atomic E-state index is 0.142. The highest BCUT2D eigenvalue weighted by Crippen LogP contribution is 2.16. The van der Waals surface area contributed by atoms with E-state index in [-0.39, 0.29) is 12.5 Å². The molecular formula is C40H81NO4. The van der Waals surface area contributed by atoms with Crippen LogP contribution < -0.4 is 5.32 Å². The smallest absolute Gasteiger partial charge is 0.220 e. The molecule has 0 radical (unpaired) electrons. The summed E-state index contributed by atoms with van der Waals surface area (Å²) in [6, 6.07) is -0.800. The molecule has 0 aromatic carbocycles. The minimum atomic E-state index is -1.13. The largest absolute Gasteiger partial charge is 0.394 e. The third kappa shape index (κ3) is 31.7. The molecule has 0 aliphatic heterocycles. The summed E-state index contributed by atoms with van der Waals surface area (Å²) in [6.45, 7) is 4.16. The van der Waals surface area contributed by atoms with Crippen molar-refractivity contribution in [2.45, 2.75) is 244 Å². The van der Waals surface area contributed by atoms with Gasteiger partial charge in [0.05, 0.1) is 18.8 Å². The molecule has 1 amide bonds. The van der Waals surface area contributed by atoms with Gasteiger partial charge in [0.15, 0.2) is 0 Å². The topological polar surface area (TPSA) is 89.8 Å². The number of carbonyl (C=O) groups is 1. The standard InChI is InChI=1S/C40H81NO4/c1-3-5-7-9-11-13-14-15-16-17-18-19-20-21-22-23-24-25-27-29-31-33-35-39(44)41-37(36-42)40(45)38(43)34-32-30-28-26-12-10-8-6-4-2/h37-38,40,42-43,45H,3-36H2,1-2H3,(H,41,44)/t37-,38+,40-/m0/s1. The summed E-state index contributed by atoms with van der Waals surface area (Å²) in [4.78, 5) is 12.4. The zero-order chi connectivity index (χ0) is 33.1. The van der Waals surface area contributed by atoms with Crippen LogP contribution in [0.25, 0.3) is 0 Å². The second kappa shape index (κ2) is 36.2. The zero-order valence-corrected chi connectivity index (χ0v) is 30.5. The first kappa shape index (κ1) is 44.4. The molecular weight excluding hydrogens is 558 g/mol. The van der Waals surface area contributed by atoms with Crippen molar-refractivity contribution < 1.29 is 20.1 Å². The van der Waals surface area contributed by atoms with Crippen LogP contribution in [0.3, 0.4) is 0 Å². The molecule has 3 atom stereocenters. The zero-order valence-electron chi connectivity index (χ0n) is 30.5. The first-order valence-corrected chi connectivity index (χ1v) is 20.3. The summed E-state index contributed by atoms with van der Waals surface area (Å²) in [7, 11) is 0. The van der Waals surface area contributed by atoms with E-state index in [0.717, 1.165) is 38.5 Å². The molecule has 0 aliphatic carbocycles. The quantitative estimate of drug-likeness (QED) is 0.0509. The second-order valence-electron chi connectivity index (χ2n) is 14.2. The number of aliphatic hydroxyl groups is 3. The Bertz CT molecular complexity index is 587. The van der Waals surface area contributed by atoms with Gasteiger partial charge in [0.1, 0.15) is 6.10 Å². The molecule has 270 valence electrons. The van der Waals surface area contributed by atoms with E-state index in [0.29, 0.717) is 12.8 Å². The minimum Gasteiger partial charge on any atom is -0.394 e. The lowest BCUT2D eigenvalue weighted by atomic mass is 9.99. The van der Waals surface area contributed by atoms with Crippen LogP contribution in [0.5, 0.6) is 0 Å². The molecule has 45 heavy (non-hydrogen) atoms. The van der Waals surface area contributed by atoms with Gasteiger partial charge in [0.2, 0.25) is 5.91 Å². The van der Waals surface area contributed by atoms with Gasteiger partial charge in [0, 0.05) is 6.42 Å². The first-order valence-electron chi connectivity index (χ1n) is 20.3. The van der Waals surface area contributed by atoms with E-state index in [4.69, 9.17) is 0 Å². The number of nitrogens with one attached hydrogen (secondary N) is 1. The van der Waals surface area contributed by atoms with Crippen LogP contribution in [0.2, 0.25) is 0 Å². The van der Waals surface area contributed by atoms with Crippen LogP contribution in [-0.2, 0) is 4.79 Å². The highest BCUT2D eigenvalue weighted by molar-refractivity contribution is 5.76. The number of aliphatic hydroxyl groups excluding tert-OH is 3. The van der Waals surface area contributed by atoms with E-state index >= 15 is 0 Å². The summed E-state index contributed by atoms with van der Waals surface area (Å²) in [6.07, 6.45) is 39.3. The SMILES string of the molecule is CCCCCCCCCCCCCCCCCCCCCCCCC(=O)N[C@@H](CO)[C@H](O)[C@H](O)CCCCCCCCCCC. The Hall–Kier alpha value is -0.650. The maximum absolute atomic E-state index is 12.4. The molecule has 0 saturated carbocycles. The summed E-state index contributed by atoms with van der Waals surface area (Å²) in [5.41, 5.74) is 0. The predicted molar refractivity (Wildman–Crippen MR) is 195 cm³/mol. The molecule has 0 bridgehead atoms. The molecule has 0 saturated heterocycles. The van der Waals surface area contributed by atoms with Crippen LogP contribution in [0.1, 0.15) is 226 Å². The summed E-state index contributed by atoms with van der Waals surface area (Å²) in [5, 5.41) is 33.3. The fourth-order valence-electron chi connectivity index (χ4n) is 6.52. The Labute approximate surface area is 281 Å². The molecule has 0 unspecified atom stereocenters. The highest BCUT2D eigenvalue weighted by atomic mass is 16.3. The molecule has 0 aromatic heterocycles. The maximum Gasteiger partial charge on any atom is 0.220 e. The van der Waals surface area contributed by atoms with Crippen LogP contribution in [0.4, 0.5) is 0 Å². The monoisotopic (exact) mass is 640 g/mol. The van der Waals surface area contributed by atoms with Crippen molar-refractivity contribution in [2.24, 2.45) is 0 Å². The van der Waals surface area contributed by atoms with Gasteiger partial charge in [-0.2, -0.15) is 0 Å². The molecule has 5 heteroatoms. The second-order valence-corrected chi connectivity index (χ2v) is 14.2. The van der Waals surface area contributed by atoms with Crippen molar-refractivity contribution in [3.05, 3.63) is 0 Å². The first-order chi connectivity index (χ1) is 22.1. The molecule has 5 nitrogen and oxygen atoms in total. The number of amides is 1. The number of rotatable bonds is 37. The number of hydrogen-bond acceptors (Lipinski definition) is 4. The van der Waals surface area contributed by atoms with E-state index < -0.39 is 18.2 Å². The average Bonchev–Trinajstić information content (AvgIpc) is 3.04. The van der Waals surface area contributed by atoms with E-state index in [1.165, 1.54) is 161 Å². The van der Waals surface area contributed by atoms with Gasteiger partial charge in [-0.05, 0) is 12.8 Å². The summed E-state index contributed by atoms with van der Waals surface area (Å²) in [5.74, 6) is -0.142. The van der Waals surface area contributed by atoms with Crippen LogP contribution in [-0.4, -0.2) is 46.1 Å². The Morgan fingerprint density at radius 2 is 0.756 bits per heavy atom. The van der Waals surface area contributed by atoms with Crippen molar-refractivity contribution in [2.75, 3.05) is 6.61 Å². The van der Waals surface area contributed by atoms with E-state index in [9.17, 15) is 20.1 Å². The Morgan fingerprint density at radius 1 is 0.467 bits per heavy atom. The fraction of sp³-hybridized carbons (Fsp3) is 0.975. The molecule has 0 spiro atoms. The molecule has 0 rings (SSSR count). The Morgan fingerprint density at radius 3 is 1.07 bits per heavy atom. The van der Waals surface area contributed by atoms with Crippen molar-refractivity contribution in [3.63, 3.8) is 0 Å². The molecule has 0 aliphatic rings. The third-order valence-corrected chi connectivity index (χ3v) is 9.71. The Balaban J connectivity index is 3.53. The molecule has 4 N–H and O–H groups in total. The van der Waals surface area contributed by atoms with Crippen LogP contribution in [0.15, 0.2) is 0 Å². The van der Waals surface area contributed by atoms with Crippen molar-refractivity contribution in [3.8, 4) is 0 Å². The number of hydrogen-bond donors (Lipinski definition) is 4. The van der Waals surface area contributed by atoms with Crippen LogP contribution in [0, 0.1) is 0 Å². The molecule has 0 fully saturated rings. The van der Waals surface area contributed by atoms with Gasteiger partial charge in [0.25, 0.3) is 0 Å². The fourth-order valence-corrected chi connectivity index (χ4v) is 6.52. The third-order valence-electron chi connectivity index (χ3n) is 9.71. The number of carbonyl (C=O) groups excluding carboxylic acids is 1. The number of unbranched alkanes of at least 4 members (excludes halogenated alkanes) is 29. The summed E-state index contributed by atoms with van der Waals surface area (Å²) < 4.78 is 0. The molecule has 0 heterocycles. The average molecular weight is 640 g/mol. The van der Waals surface area contributed by atoms with Crippen molar-refractivity contribution in [1.29, 1.82) is 0 Å². The molecule has 0 aromatic rings. The van der Waals surface area contributed by atoms with Gasteiger partial charge in [-0.3, -0.25) is 4.79 Å². The van der Waals surface area contributed by atoms with Crippen molar-refractivity contribution >= 4 is 5.91 Å². The predicted octanol–water partition coefficient (Wildman–Crippen LogP) is 11.1. The maximum atomic E-state index is 12.4. The van der Waals surface area contributed by atoms with Gasteiger partial charge >= 0.3 is 0 Å². The van der Waals surface area contributed by atoms with Gasteiger partial charge in [-0.15, -0.1) is 0 Å². The van der Waals surface area contributed by atoms with E-state index in [1.54, 1.807) is 0 Å². The van der Waals surface area contributed by atoms with Gasteiger partial charge in [-0.1, -0.05) is 206 Å². The van der Waals surface area contributed by atoms with Crippen LogP contribution >= 0.6 is 0 Å². The van der Waals surface area contributed by atoms with Gasteiger partial charge in [-0.25, -0.2) is 0 Å². The van der Waals surface area contributed by atoms with E-state index in [1.807, 2.05) is 0 Å². The van der Waals surface area contributed by atoms with Crippen molar-refractivity contribution in [1.82, 2.24) is 5.32 Å². The lowest BCUT2D eigenvalue weighted by Crippen LogP contribution is -2.50. The van der Waals surface area contributed by atoms with Gasteiger partial charge < -0.3 is 20.6 Å². The summed E-state index contributed by atoms with van der Waals surface area (Å²) >= 11 is 0. The lowest BCUT2D eigenvalue weighted by Gasteiger charge is -2.26. The lowest BCUT2D eigenvalue weighted by molar-refractivity contribution is -0.124.